The lowest BCUT2D eigenvalue weighted by Gasteiger charge is -2.08. The van der Waals surface area contributed by atoms with E-state index in [9.17, 15) is 14.9 Å². The topological polar surface area (TPSA) is 86.7 Å². The molecule has 0 amide bonds. The number of halogens is 1. The predicted octanol–water partition coefficient (Wildman–Crippen LogP) is 3.14. The molecule has 0 fully saturated rings. The van der Waals surface area contributed by atoms with E-state index in [0.717, 1.165) is 5.56 Å². The van der Waals surface area contributed by atoms with Gasteiger partial charge in [-0.2, -0.15) is 0 Å². The third-order valence-corrected chi connectivity index (χ3v) is 3.67. The molecular weight excluding hydrogens is 334 g/mol. The molecule has 0 radical (unpaired) electrons. The number of hydrogen-bond donors (Lipinski definition) is 0. The van der Waals surface area contributed by atoms with Gasteiger partial charge in [0.05, 0.1) is 15.6 Å². The third-order valence-electron chi connectivity index (χ3n) is 3.38. The van der Waals surface area contributed by atoms with Gasteiger partial charge in [0, 0.05) is 24.4 Å². The maximum atomic E-state index is 12.1. The highest BCUT2D eigenvalue weighted by atomic mass is 35.5. The van der Waals surface area contributed by atoms with E-state index >= 15 is 0 Å². The van der Waals surface area contributed by atoms with Crippen LogP contribution in [-0.4, -0.2) is 14.3 Å². The van der Waals surface area contributed by atoms with Gasteiger partial charge in [-0.1, -0.05) is 11.6 Å². The van der Waals surface area contributed by atoms with Gasteiger partial charge >= 0.3 is 0 Å². The molecule has 7 nitrogen and oxygen atoms in total. The Bertz CT molecular complexity index is 1000. The zero-order valence-electron chi connectivity index (χ0n) is 12.6. The van der Waals surface area contributed by atoms with Crippen molar-refractivity contribution in [3.63, 3.8) is 0 Å². The van der Waals surface area contributed by atoms with Crippen molar-refractivity contribution in [3.05, 3.63) is 79.3 Å². The molecule has 24 heavy (non-hydrogen) atoms. The van der Waals surface area contributed by atoms with Gasteiger partial charge in [-0.3, -0.25) is 19.3 Å². The molecule has 0 spiro atoms. The Morgan fingerprint density at radius 1 is 1.29 bits per heavy atom. The minimum absolute atomic E-state index is 0.0250. The van der Waals surface area contributed by atoms with Crippen molar-refractivity contribution < 1.29 is 9.66 Å². The van der Waals surface area contributed by atoms with Crippen LogP contribution in [0.15, 0.2) is 47.4 Å². The number of non-ortho nitro benzene ring substituents is 1. The third kappa shape index (κ3) is 3.21. The fourth-order valence-electron chi connectivity index (χ4n) is 2.20. The minimum atomic E-state index is -0.538. The Balaban J connectivity index is 1.86. The summed E-state index contributed by atoms with van der Waals surface area (Å²) in [5.74, 6) is 0.286. The number of benzene rings is 1. The van der Waals surface area contributed by atoms with Gasteiger partial charge < -0.3 is 4.74 Å². The van der Waals surface area contributed by atoms with E-state index in [-0.39, 0.29) is 28.6 Å². The first kappa shape index (κ1) is 15.9. The molecule has 122 valence electrons. The lowest BCUT2D eigenvalue weighted by atomic mass is 10.3. The molecule has 3 rings (SSSR count). The molecule has 1 aromatic carbocycles. The van der Waals surface area contributed by atoms with Crippen LogP contribution in [-0.2, 0) is 6.61 Å². The number of rotatable bonds is 4. The van der Waals surface area contributed by atoms with Gasteiger partial charge in [-0.05, 0) is 30.7 Å². The highest BCUT2D eigenvalue weighted by Gasteiger charge is 2.11. The average molecular weight is 346 g/mol. The Hall–Kier alpha value is -2.93. The quantitative estimate of drug-likeness (QED) is 0.535. The molecule has 0 atom stereocenters. The Morgan fingerprint density at radius 2 is 2.08 bits per heavy atom. The zero-order valence-corrected chi connectivity index (χ0v) is 13.4. The van der Waals surface area contributed by atoms with Gasteiger partial charge in [0.2, 0.25) is 0 Å². The van der Waals surface area contributed by atoms with Crippen LogP contribution in [0.25, 0.3) is 5.65 Å². The van der Waals surface area contributed by atoms with Crippen molar-refractivity contribution in [2.45, 2.75) is 13.5 Å². The number of ether oxygens (including phenoxy) is 1. The van der Waals surface area contributed by atoms with Crippen molar-refractivity contribution in [2.75, 3.05) is 0 Å². The van der Waals surface area contributed by atoms with Crippen LogP contribution in [0.5, 0.6) is 5.75 Å². The molecule has 0 aliphatic heterocycles. The van der Waals surface area contributed by atoms with Crippen molar-refractivity contribution in [1.29, 1.82) is 0 Å². The minimum Gasteiger partial charge on any atom is -0.486 e. The Kier molecular flexibility index (Phi) is 4.18. The second-order valence-electron chi connectivity index (χ2n) is 5.18. The van der Waals surface area contributed by atoms with Crippen LogP contribution in [0.3, 0.4) is 0 Å². The van der Waals surface area contributed by atoms with Gasteiger partial charge in [-0.15, -0.1) is 0 Å². The number of nitrogens with zero attached hydrogens (tertiary/aromatic N) is 3. The number of pyridine rings is 1. The maximum absolute atomic E-state index is 12.1. The predicted molar refractivity (Wildman–Crippen MR) is 88.6 cm³/mol. The first-order valence-electron chi connectivity index (χ1n) is 7.00. The summed E-state index contributed by atoms with van der Waals surface area (Å²) in [6.45, 7) is 1.93. The number of nitro benzene ring substituents is 1. The summed E-state index contributed by atoms with van der Waals surface area (Å²) in [4.78, 5) is 26.6. The fourth-order valence-corrected chi connectivity index (χ4v) is 2.43. The molecule has 0 aliphatic carbocycles. The summed E-state index contributed by atoms with van der Waals surface area (Å²) in [6, 6.07) is 8.92. The van der Waals surface area contributed by atoms with Crippen LogP contribution >= 0.6 is 11.6 Å². The molecule has 0 saturated carbocycles. The van der Waals surface area contributed by atoms with Gasteiger partial charge in [0.15, 0.2) is 0 Å². The molecule has 2 aromatic heterocycles. The molecule has 0 bridgehead atoms. The summed E-state index contributed by atoms with van der Waals surface area (Å²) in [6.07, 6.45) is 1.66. The number of hydrogen-bond acceptors (Lipinski definition) is 5. The molecule has 0 aliphatic rings. The summed E-state index contributed by atoms with van der Waals surface area (Å²) in [7, 11) is 0. The van der Waals surface area contributed by atoms with Crippen molar-refractivity contribution in [1.82, 2.24) is 9.38 Å². The van der Waals surface area contributed by atoms with Gasteiger partial charge in [0.1, 0.15) is 18.0 Å². The first-order valence-corrected chi connectivity index (χ1v) is 7.37. The molecule has 8 heteroatoms. The first-order chi connectivity index (χ1) is 11.4. The summed E-state index contributed by atoms with van der Waals surface area (Å²) in [5.41, 5.74) is 1.62. The summed E-state index contributed by atoms with van der Waals surface area (Å²) < 4.78 is 6.97. The van der Waals surface area contributed by atoms with Crippen LogP contribution in [0.4, 0.5) is 5.69 Å². The molecule has 3 aromatic rings. The molecule has 0 N–H and O–H groups in total. The van der Waals surface area contributed by atoms with Gasteiger partial charge in [-0.25, -0.2) is 4.98 Å². The Labute approximate surface area is 141 Å². The standard InChI is InChI=1S/C16H12ClN3O4/c1-10-4-5-19-15(6-10)18-11(7-16(19)21)9-24-14-3-2-12(20(22)23)8-13(14)17/h2-8H,9H2,1H3. The average Bonchev–Trinajstić information content (AvgIpc) is 2.53. The molecular formula is C16H12ClN3O4. The van der Waals surface area contributed by atoms with Gasteiger partial charge in [0.25, 0.3) is 11.2 Å². The van der Waals surface area contributed by atoms with E-state index in [1.54, 1.807) is 12.3 Å². The normalized spacial score (nSPS) is 10.8. The number of fused-ring (bicyclic) bond motifs is 1. The fraction of sp³-hybridized carbons (Fsp3) is 0.125. The molecule has 0 saturated heterocycles. The van der Waals surface area contributed by atoms with E-state index in [4.69, 9.17) is 16.3 Å². The van der Waals surface area contributed by atoms with E-state index in [2.05, 4.69) is 4.98 Å². The second kappa shape index (κ2) is 6.29. The van der Waals surface area contributed by atoms with E-state index in [1.165, 1.54) is 28.7 Å². The second-order valence-corrected chi connectivity index (χ2v) is 5.59. The maximum Gasteiger partial charge on any atom is 0.271 e. The number of aromatic nitrogens is 2. The zero-order chi connectivity index (χ0) is 17.3. The Morgan fingerprint density at radius 3 is 2.79 bits per heavy atom. The largest absolute Gasteiger partial charge is 0.486 e. The smallest absolute Gasteiger partial charge is 0.271 e. The van der Waals surface area contributed by atoms with E-state index in [1.807, 2.05) is 13.0 Å². The molecule has 0 unspecified atom stereocenters. The highest BCUT2D eigenvalue weighted by Crippen LogP contribution is 2.29. The van der Waals surface area contributed by atoms with Crippen molar-refractivity contribution in [2.24, 2.45) is 0 Å². The van der Waals surface area contributed by atoms with Crippen LogP contribution < -0.4 is 10.3 Å². The summed E-state index contributed by atoms with van der Waals surface area (Å²) in [5, 5.41) is 10.8. The van der Waals surface area contributed by atoms with Crippen LogP contribution in [0.1, 0.15) is 11.3 Å². The number of nitro groups is 1. The number of aryl methyl sites for hydroxylation is 1. The monoisotopic (exact) mass is 345 g/mol. The summed E-state index contributed by atoms with van der Waals surface area (Å²) >= 11 is 5.97. The highest BCUT2D eigenvalue weighted by molar-refractivity contribution is 6.32. The van der Waals surface area contributed by atoms with Crippen molar-refractivity contribution >= 4 is 22.9 Å². The molecule has 2 heterocycles. The van der Waals surface area contributed by atoms with Crippen LogP contribution in [0.2, 0.25) is 5.02 Å². The van der Waals surface area contributed by atoms with E-state index < -0.39 is 4.92 Å². The lowest BCUT2D eigenvalue weighted by molar-refractivity contribution is -0.384. The van der Waals surface area contributed by atoms with Crippen molar-refractivity contribution in [3.8, 4) is 5.75 Å². The SMILES string of the molecule is Cc1ccn2c(=O)cc(COc3ccc([N+](=O)[O-])cc3Cl)nc2c1. The van der Waals surface area contributed by atoms with E-state index in [0.29, 0.717) is 11.3 Å². The lowest BCUT2D eigenvalue weighted by Crippen LogP contribution is -2.16. The van der Waals surface area contributed by atoms with Crippen LogP contribution in [0, 0.1) is 17.0 Å².